The second-order valence-electron chi connectivity index (χ2n) is 2.38. The summed E-state index contributed by atoms with van der Waals surface area (Å²) in [7, 11) is 0. The second-order valence-corrected chi connectivity index (χ2v) is 3.71. The number of hydrogen-bond donors (Lipinski definition) is 0. The van der Waals surface area contributed by atoms with Crippen molar-refractivity contribution < 1.29 is 9.47 Å². The van der Waals surface area contributed by atoms with Crippen LogP contribution < -0.4 is 0 Å². The van der Waals surface area contributed by atoms with Crippen molar-refractivity contribution in [2.45, 2.75) is 18.5 Å². The fraction of sp³-hybridized carbons (Fsp3) is 0.750. The Morgan fingerprint density at radius 3 is 3.18 bits per heavy atom. The number of hydrogen-bond acceptors (Lipinski definition) is 3. The Hall–Kier alpha value is -0.170. The minimum absolute atomic E-state index is 0.239. The Morgan fingerprint density at radius 2 is 2.64 bits per heavy atom. The van der Waals surface area contributed by atoms with Crippen molar-refractivity contribution in [1.82, 2.24) is 0 Å². The van der Waals surface area contributed by atoms with Crippen LogP contribution in [0.5, 0.6) is 0 Å². The molecule has 0 spiro atoms. The van der Waals surface area contributed by atoms with Gasteiger partial charge in [-0.05, 0) is 6.92 Å². The van der Waals surface area contributed by atoms with Crippen molar-refractivity contribution in [3.05, 3.63) is 0 Å². The summed E-state index contributed by atoms with van der Waals surface area (Å²) < 4.78 is 10.6. The molecule has 1 saturated heterocycles. The van der Waals surface area contributed by atoms with Gasteiger partial charge in [-0.2, -0.15) is 0 Å². The highest BCUT2D eigenvalue weighted by atomic mass is 32.2. The van der Waals surface area contributed by atoms with E-state index in [0.29, 0.717) is 18.6 Å². The SMILES string of the molecule is C#CCOCC1CSC(C)O1. The third-order valence-corrected chi connectivity index (χ3v) is 2.53. The molecule has 1 heterocycles. The van der Waals surface area contributed by atoms with Crippen LogP contribution >= 0.6 is 11.8 Å². The maximum Gasteiger partial charge on any atom is 0.107 e. The summed E-state index contributed by atoms with van der Waals surface area (Å²) in [6.07, 6.45) is 5.26. The standard InChI is InChI=1S/C8H12O2S/c1-3-4-9-5-8-6-11-7(2)10-8/h1,7-8H,4-6H2,2H3. The van der Waals surface area contributed by atoms with Crippen LogP contribution in [0.3, 0.4) is 0 Å². The normalized spacial score (nSPS) is 30.2. The molecule has 0 saturated carbocycles. The van der Waals surface area contributed by atoms with E-state index in [1.165, 1.54) is 0 Å². The van der Waals surface area contributed by atoms with Crippen molar-refractivity contribution in [1.29, 1.82) is 0 Å². The highest BCUT2D eigenvalue weighted by Crippen LogP contribution is 2.24. The monoisotopic (exact) mass is 172 g/mol. The molecular formula is C8H12O2S. The Balaban J connectivity index is 2.05. The molecule has 0 aliphatic carbocycles. The van der Waals surface area contributed by atoms with Gasteiger partial charge < -0.3 is 9.47 Å². The second kappa shape index (κ2) is 4.66. The lowest BCUT2D eigenvalue weighted by molar-refractivity contribution is 0.00952. The Kier molecular flexibility index (Phi) is 3.78. The molecule has 0 N–H and O–H groups in total. The van der Waals surface area contributed by atoms with Gasteiger partial charge in [0.05, 0.1) is 12.7 Å². The van der Waals surface area contributed by atoms with Crippen molar-refractivity contribution in [3.63, 3.8) is 0 Å². The van der Waals surface area contributed by atoms with Gasteiger partial charge in [-0.15, -0.1) is 18.2 Å². The maximum absolute atomic E-state index is 5.48. The summed E-state index contributed by atoms with van der Waals surface area (Å²) in [5.41, 5.74) is 0.314. The van der Waals surface area contributed by atoms with Gasteiger partial charge in [0.1, 0.15) is 12.0 Å². The van der Waals surface area contributed by atoms with Crippen LogP contribution in [0.15, 0.2) is 0 Å². The third-order valence-electron chi connectivity index (χ3n) is 1.39. The van der Waals surface area contributed by atoms with Gasteiger partial charge in [0.2, 0.25) is 0 Å². The summed E-state index contributed by atoms with van der Waals surface area (Å²) in [5, 5.41) is 0. The molecule has 0 aromatic carbocycles. The summed E-state index contributed by atoms with van der Waals surface area (Å²) in [6, 6.07) is 0. The van der Waals surface area contributed by atoms with E-state index >= 15 is 0 Å². The topological polar surface area (TPSA) is 18.5 Å². The first-order valence-corrected chi connectivity index (χ1v) is 4.66. The van der Waals surface area contributed by atoms with E-state index in [-0.39, 0.29) is 6.10 Å². The smallest absolute Gasteiger partial charge is 0.107 e. The van der Waals surface area contributed by atoms with Gasteiger partial charge in [0, 0.05) is 5.75 Å². The van der Waals surface area contributed by atoms with E-state index in [1.807, 2.05) is 18.7 Å². The lowest BCUT2D eigenvalue weighted by Crippen LogP contribution is -2.18. The van der Waals surface area contributed by atoms with Gasteiger partial charge in [0.25, 0.3) is 0 Å². The molecule has 2 atom stereocenters. The number of terminal acetylenes is 1. The summed E-state index contributed by atoms with van der Waals surface area (Å²) >= 11 is 1.81. The number of ether oxygens (including phenoxy) is 2. The van der Waals surface area contributed by atoms with Gasteiger partial charge in [0.15, 0.2) is 0 Å². The first-order valence-electron chi connectivity index (χ1n) is 3.61. The quantitative estimate of drug-likeness (QED) is 0.469. The van der Waals surface area contributed by atoms with Gasteiger partial charge >= 0.3 is 0 Å². The molecule has 0 aromatic heterocycles. The van der Waals surface area contributed by atoms with Crippen LogP contribution in [0.4, 0.5) is 0 Å². The zero-order valence-corrected chi connectivity index (χ0v) is 7.39. The average Bonchev–Trinajstić information content (AvgIpc) is 2.37. The molecule has 62 valence electrons. The number of rotatable bonds is 3. The van der Waals surface area contributed by atoms with Crippen molar-refractivity contribution in [2.24, 2.45) is 0 Å². The predicted molar refractivity (Wildman–Crippen MR) is 46.4 cm³/mol. The van der Waals surface area contributed by atoms with Crippen LogP contribution in [0, 0.1) is 12.3 Å². The molecule has 1 rings (SSSR count). The molecule has 2 unspecified atom stereocenters. The largest absolute Gasteiger partial charge is 0.366 e. The molecule has 1 fully saturated rings. The molecular weight excluding hydrogens is 160 g/mol. The van der Waals surface area contributed by atoms with E-state index in [9.17, 15) is 0 Å². The first-order chi connectivity index (χ1) is 5.33. The van der Waals surface area contributed by atoms with Crippen LogP contribution in [0.1, 0.15) is 6.92 Å². The van der Waals surface area contributed by atoms with Crippen LogP contribution in [0.2, 0.25) is 0 Å². The minimum Gasteiger partial charge on any atom is -0.366 e. The highest BCUT2D eigenvalue weighted by Gasteiger charge is 2.21. The summed E-state index contributed by atoms with van der Waals surface area (Å²) in [6.45, 7) is 3.06. The Morgan fingerprint density at radius 1 is 1.82 bits per heavy atom. The number of thioether (sulfide) groups is 1. The van der Waals surface area contributed by atoms with E-state index in [2.05, 4.69) is 5.92 Å². The van der Waals surface area contributed by atoms with E-state index < -0.39 is 0 Å². The van der Waals surface area contributed by atoms with E-state index in [0.717, 1.165) is 5.75 Å². The Labute approximate surface area is 71.6 Å². The molecule has 0 amide bonds. The molecule has 11 heavy (non-hydrogen) atoms. The molecule has 3 heteroatoms. The maximum atomic E-state index is 5.48. The Bertz CT molecular complexity index is 153. The highest BCUT2D eigenvalue weighted by molar-refractivity contribution is 7.99. The van der Waals surface area contributed by atoms with Crippen LogP contribution in [0.25, 0.3) is 0 Å². The molecule has 2 nitrogen and oxygen atoms in total. The zero-order valence-electron chi connectivity index (χ0n) is 6.58. The van der Waals surface area contributed by atoms with Crippen molar-refractivity contribution in [3.8, 4) is 12.3 Å². The summed E-state index contributed by atoms with van der Waals surface area (Å²) in [4.78, 5) is 0. The fourth-order valence-corrected chi connectivity index (χ4v) is 1.83. The average molecular weight is 172 g/mol. The predicted octanol–water partition coefficient (Wildman–Crippen LogP) is 1.11. The first kappa shape index (κ1) is 8.92. The molecule has 0 aromatic rings. The molecule has 0 bridgehead atoms. The van der Waals surface area contributed by atoms with E-state index in [4.69, 9.17) is 15.9 Å². The molecule has 1 aliphatic rings. The van der Waals surface area contributed by atoms with Crippen molar-refractivity contribution >= 4 is 11.8 Å². The fourth-order valence-electron chi connectivity index (χ4n) is 0.929. The van der Waals surface area contributed by atoms with Gasteiger partial charge in [-0.25, -0.2) is 0 Å². The van der Waals surface area contributed by atoms with Gasteiger partial charge in [-0.1, -0.05) is 5.92 Å². The lowest BCUT2D eigenvalue weighted by atomic mass is 10.4. The van der Waals surface area contributed by atoms with Gasteiger partial charge in [-0.3, -0.25) is 0 Å². The van der Waals surface area contributed by atoms with Crippen LogP contribution in [-0.2, 0) is 9.47 Å². The lowest BCUT2D eigenvalue weighted by Gasteiger charge is -2.08. The third kappa shape index (κ3) is 3.15. The minimum atomic E-state index is 0.239. The molecule has 0 radical (unpaired) electrons. The molecule has 1 aliphatic heterocycles. The summed E-state index contributed by atoms with van der Waals surface area (Å²) in [5.74, 6) is 3.44. The zero-order chi connectivity index (χ0) is 8.10. The van der Waals surface area contributed by atoms with Crippen molar-refractivity contribution in [2.75, 3.05) is 19.0 Å². The van der Waals surface area contributed by atoms with Crippen LogP contribution in [-0.4, -0.2) is 30.5 Å². The van der Waals surface area contributed by atoms with E-state index in [1.54, 1.807) is 0 Å².